The highest BCUT2D eigenvalue weighted by molar-refractivity contribution is 7.09. The first kappa shape index (κ1) is 13.7. The zero-order valence-corrected chi connectivity index (χ0v) is 11.9. The highest BCUT2D eigenvalue weighted by Crippen LogP contribution is 2.35. The smallest absolute Gasteiger partial charge is 0.113 e. The van der Waals surface area contributed by atoms with Crippen molar-refractivity contribution in [2.75, 3.05) is 7.05 Å². The standard InChI is InChI=1S/C13H24N2S/c1-10(2)8-13(14-5,9-11(3)4)12-15-6-7-16-12/h6-7,10-11,14H,8-9H2,1-5H3. The average Bonchev–Trinajstić information content (AvgIpc) is 2.68. The third-order valence-corrected chi connectivity index (χ3v) is 3.81. The Morgan fingerprint density at radius 2 is 1.81 bits per heavy atom. The molecular weight excluding hydrogens is 216 g/mol. The zero-order chi connectivity index (χ0) is 12.2. The molecule has 0 saturated heterocycles. The van der Waals surface area contributed by atoms with Crippen molar-refractivity contribution in [1.82, 2.24) is 10.3 Å². The lowest BCUT2D eigenvalue weighted by molar-refractivity contribution is 0.239. The molecule has 0 atom stereocenters. The van der Waals surface area contributed by atoms with Crippen LogP contribution in [-0.4, -0.2) is 12.0 Å². The maximum absolute atomic E-state index is 4.52. The third kappa shape index (κ3) is 3.29. The molecule has 0 saturated carbocycles. The second-order valence-electron chi connectivity index (χ2n) is 5.37. The SMILES string of the molecule is CNC(CC(C)C)(CC(C)C)c1nccs1. The molecule has 0 unspecified atom stereocenters. The van der Waals surface area contributed by atoms with E-state index in [0.717, 1.165) is 12.8 Å². The van der Waals surface area contributed by atoms with Gasteiger partial charge in [0.2, 0.25) is 0 Å². The minimum Gasteiger partial charge on any atom is -0.308 e. The van der Waals surface area contributed by atoms with Gasteiger partial charge in [0, 0.05) is 11.6 Å². The molecule has 0 amide bonds. The second kappa shape index (κ2) is 5.78. The maximum Gasteiger partial charge on any atom is 0.113 e. The molecule has 16 heavy (non-hydrogen) atoms. The molecule has 1 rings (SSSR count). The van der Waals surface area contributed by atoms with Crippen LogP contribution in [0.4, 0.5) is 0 Å². The molecule has 1 aromatic rings. The van der Waals surface area contributed by atoms with Gasteiger partial charge in [0.15, 0.2) is 0 Å². The zero-order valence-electron chi connectivity index (χ0n) is 11.1. The summed E-state index contributed by atoms with van der Waals surface area (Å²) in [7, 11) is 2.06. The number of aromatic nitrogens is 1. The van der Waals surface area contributed by atoms with Crippen molar-refractivity contribution in [3.63, 3.8) is 0 Å². The van der Waals surface area contributed by atoms with E-state index >= 15 is 0 Å². The summed E-state index contributed by atoms with van der Waals surface area (Å²) in [5, 5.41) is 6.83. The first-order valence-electron chi connectivity index (χ1n) is 6.09. The van der Waals surface area contributed by atoms with Crippen molar-refractivity contribution in [2.45, 2.75) is 46.1 Å². The maximum atomic E-state index is 4.52. The highest BCUT2D eigenvalue weighted by Gasteiger charge is 2.34. The third-order valence-electron chi connectivity index (χ3n) is 2.83. The molecule has 0 aliphatic carbocycles. The normalized spacial score (nSPS) is 12.7. The number of nitrogens with zero attached hydrogens (tertiary/aromatic N) is 1. The van der Waals surface area contributed by atoms with Crippen molar-refractivity contribution in [3.05, 3.63) is 16.6 Å². The van der Waals surface area contributed by atoms with Crippen LogP contribution in [0.25, 0.3) is 0 Å². The van der Waals surface area contributed by atoms with E-state index in [9.17, 15) is 0 Å². The minimum absolute atomic E-state index is 0.0660. The second-order valence-corrected chi connectivity index (χ2v) is 6.26. The predicted molar refractivity (Wildman–Crippen MR) is 71.8 cm³/mol. The topological polar surface area (TPSA) is 24.9 Å². The van der Waals surface area contributed by atoms with E-state index in [4.69, 9.17) is 0 Å². The fraction of sp³-hybridized carbons (Fsp3) is 0.769. The fourth-order valence-electron chi connectivity index (χ4n) is 2.42. The fourth-order valence-corrected chi connectivity index (χ4v) is 3.29. The lowest BCUT2D eigenvalue weighted by atomic mass is 9.82. The Balaban J connectivity index is 2.97. The van der Waals surface area contributed by atoms with Gasteiger partial charge in [0.05, 0.1) is 5.54 Å². The first-order valence-corrected chi connectivity index (χ1v) is 6.97. The van der Waals surface area contributed by atoms with Gasteiger partial charge in [-0.1, -0.05) is 27.7 Å². The molecule has 0 bridgehead atoms. The molecule has 0 spiro atoms. The van der Waals surface area contributed by atoms with E-state index in [0.29, 0.717) is 11.8 Å². The van der Waals surface area contributed by atoms with Crippen molar-refractivity contribution >= 4 is 11.3 Å². The van der Waals surface area contributed by atoms with E-state index in [1.807, 2.05) is 6.20 Å². The quantitative estimate of drug-likeness (QED) is 0.821. The monoisotopic (exact) mass is 240 g/mol. The van der Waals surface area contributed by atoms with E-state index in [1.54, 1.807) is 11.3 Å². The number of hydrogen-bond acceptors (Lipinski definition) is 3. The molecule has 1 aromatic heterocycles. The average molecular weight is 240 g/mol. The van der Waals surface area contributed by atoms with Crippen molar-refractivity contribution < 1.29 is 0 Å². The van der Waals surface area contributed by atoms with E-state index in [2.05, 4.69) is 50.4 Å². The molecule has 0 aromatic carbocycles. The molecule has 3 heteroatoms. The van der Waals surface area contributed by atoms with Gasteiger partial charge in [-0.05, 0) is 31.7 Å². The van der Waals surface area contributed by atoms with Crippen molar-refractivity contribution in [2.24, 2.45) is 11.8 Å². The predicted octanol–water partition coefficient (Wildman–Crippen LogP) is 3.65. The van der Waals surface area contributed by atoms with Crippen LogP contribution in [0, 0.1) is 11.8 Å². The molecule has 0 radical (unpaired) electrons. The Morgan fingerprint density at radius 3 is 2.12 bits per heavy atom. The van der Waals surface area contributed by atoms with Crippen LogP contribution >= 0.6 is 11.3 Å². The largest absolute Gasteiger partial charge is 0.308 e. The summed E-state index contributed by atoms with van der Waals surface area (Å²) in [5.41, 5.74) is 0.0660. The summed E-state index contributed by atoms with van der Waals surface area (Å²) in [4.78, 5) is 4.52. The van der Waals surface area contributed by atoms with Crippen molar-refractivity contribution in [1.29, 1.82) is 0 Å². The summed E-state index contributed by atoms with van der Waals surface area (Å²) in [6.45, 7) is 9.11. The molecule has 0 aliphatic rings. The van der Waals surface area contributed by atoms with Gasteiger partial charge in [-0.2, -0.15) is 0 Å². The number of nitrogens with one attached hydrogen (secondary N) is 1. The van der Waals surface area contributed by atoms with Crippen LogP contribution in [0.3, 0.4) is 0 Å². The first-order chi connectivity index (χ1) is 7.50. The van der Waals surface area contributed by atoms with Crippen LogP contribution in [0.1, 0.15) is 45.5 Å². The molecule has 2 nitrogen and oxygen atoms in total. The summed E-state index contributed by atoms with van der Waals surface area (Å²) in [6.07, 6.45) is 4.21. The Kier molecular flexibility index (Phi) is 4.93. The Morgan fingerprint density at radius 1 is 1.25 bits per heavy atom. The van der Waals surface area contributed by atoms with Crippen LogP contribution in [0.15, 0.2) is 11.6 Å². The van der Waals surface area contributed by atoms with Gasteiger partial charge in [-0.25, -0.2) is 4.98 Å². The minimum atomic E-state index is 0.0660. The van der Waals surface area contributed by atoms with E-state index in [1.165, 1.54) is 5.01 Å². The Labute approximate surface area is 103 Å². The Bertz CT molecular complexity index is 281. The summed E-state index contributed by atoms with van der Waals surface area (Å²) in [5.74, 6) is 1.35. The number of rotatable bonds is 6. The highest BCUT2D eigenvalue weighted by atomic mass is 32.1. The molecule has 1 heterocycles. The van der Waals surface area contributed by atoms with Gasteiger partial charge in [-0.3, -0.25) is 0 Å². The molecular formula is C13H24N2S. The van der Waals surface area contributed by atoms with Crippen LogP contribution in [-0.2, 0) is 5.54 Å². The van der Waals surface area contributed by atoms with Crippen LogP contribution in [0.5, 0.6) is 0 Å². The van der Waals surface area contributed by atoms with Crippen LogP contribution in [0.2, 0.25) is 0 Å². The molecule has 92 valence electrons. The van der Waals surface area contributed by atoms with Gasteiger partial charge < -0.3 is 5.32 Å². The van der Waals surface area contributed by atoms with Gasteiger partial charge in [-0.15, -0.1) is 11.3 Å². The number of thiazole rings is 1. The molecule has 0 fully saturated rings. The molecule has 1 N–H and O–H groups in total. The van der Waals surface area contributed by atoms with Crippen LogP contribution < -0.4 is 5.32 Å². The van der Waals surface area contributed by atoms with Crippen molar-refractivity contribution in [3.8, 4) is 0 Å². The van der Waals surface area contributed by atoms with Gasteiger partial charge >= 0.3 is 0 Å². The van der Waals surface area contributed by atoms with E-state index in [-0.39, 0.29) is 5.54 Å². The summed E-state index contributed by atoms with van der Waals surface area (Å²) < 4.78 is 0. The van der Waals surface area contributed by atoms with Gasteiger partial charge in [0.1, 0.15) is 5.01 Å². The number of hydrogen-bond donors (Lipinski definition) is 1. The lowest BCUT2D eigenvalue weighted by Gasteiger charge is -2.35. The van der Waals surface area contributed by atoms with Gasteiger partial charge in [0.25, 0.3) is 0 Å². The molecule has 0 aliphatic heterocycles. The lowest BCUT2D eigenvalue weighted by Crippen LogP contribution is -2.42. The summed E-state index contributed by atoms with van der Waals surface area (Å²) >= 11 is 1.76. The Hall–Kier alpha value is -0.410. The van der Waals surface area contributed by atoms with E-state index < -0.39 is 0 Å². The summed E-state index contributed by atoms with van der Waals surface area (Å²) in [6, 6.07) is 0.